The smallest absolute Gasteiger partial charge is 0.326 e. The third-order valence-corrected chi connectivity index (χ3v) is 2.74. The number of amides is 1. The van der Waals surface area contributed by atoms with Crippen molar-refractivity contribution in [3.8, 4) is 5.75 Å². The lowest BCUT2D eigenvalue weighted by Crippen LogP contribution is -2.42. The zero-order valence-electron chi connectivity index (χ0n) is 12.0. The molecule has 23 heavy (non-hydrogen) atoms. The first-order valence-electron chi connectivity index (χ1n) is 6.49. The monoisotopic (exact) mass is 332 g/mol. The number of halogens is 2. The molecule has 0 bridgehead atoms. The highest BCUT2D eigenvalue weighted by Crippen LogP contribution is 2.24. The van der Waals surface area contributed by atoms with Crippen molar-refractivity contribution in [3.05, 3.63) is 33.9 Å². The fourth-order valence-electron chi connectivity index (χ4n) is 1.75. The minimum absolute atomic E-state index is 0.156. The molecular formula is C13H14F2N2O6. The molecule has 10 heteroatoms. The molecule has 0 aliphatic heterocycles. The van der Waals surface area contributed by atoms with E-state index < -0.39 is 46.9 Å². The Bertz CT molecular complexity index is 608. The number of carboxylic acid groups (broad SMARTS) is 1. The SMILES string of the molecule is CCOc1ccc([N+](=O)[O-])c(C(=O)NC(CC(F)F)C(=O)O)c1. The van der Waals surface area contributed by atoms with Crippen molar-refractivity contribution >= 4 is 17.6 Å². The first-order valence-corrected chi connectivity index (χ1v) is 6.49. The quantitative estimate of drug-likeness (QED) is 0.554. The molecule has 1 atom stereocenters. The summed E-state index contributed by atoms with van der Waals surface area (Å²) in [6, 6.07) is 1.48. The molecule has 0 aromatic heterocycles. The van der Waals surface area contributed by atoms with Crippen LogP contribution in [0.5, 0.6) is 5.75 Å². The number of carbonyl (C=O) groups is 2. The molecule has 0 fully saturated rings. The number of carboxylic acids is 1. The average molecular weight is 332 g/mol. The summed E-state index contributed by atoms with van der Waals surface area (Å²) in [6.45, 7) is 1.90. The van der Waals surface area contributed by atoms with Gasteiger partial charge in [-0.25, -0.2) is 13.6 Å². The molecule has 0 heterocycles. The Balaban J connectivity index is 3.10. The second-order valence-electron chi connectivity index (χ2n) is 4.36. The van der Waals surface area contributed by atoms with Gasteiger partial charge in [-0.15, -0.1) is 0 Å². The van der Waals surface area contributed by atoms with Crippen molar-refractivity contribution in [2.75, 3.05) is 6.61 Å². The second-order valence-corrected chi connectivity index (χ2v) is 4.36. The molecule has 1 aromatic carbocycles. The van der Waals surface area contributed by atoms with Crippen molar-refractivity contribution in [2.45, 2.75) is 25.8 Å². The fraction of sp³-hybridized carbons (Fsp3) is 0.385. The van der Waals surface area contributed by atoms with Crippen LogP contribution in [0, 0.1) is 10.1 Å². The molecule has 0 saturated carbocycles. The lowest BCUT2D eigenvalue weighted by Gasteiger charge is -2.14. The van der Waals surface area contributed by atoms with E-state index >= 15 is 0 Å². The molecule has 1 rings (SSSR count). The number of nitro benzene ring substituents is 1. The van der Waals surface area contributed by atoms with E-state index in [1.165, 1.54) is 6.07 Å². The largest absolute Gasteiger partial charge is 0.494 e. The molecule has 0 radical (unpaired) electrons. The van der Waals surface area contributed by atoms with Crippen molar-refractivity contribution in [1.29, 1.82) is 0 Å². The minimum atomic E-state index is -2.96. The highest BCUT2D eigenvalue weighted by atomic mass is 19.3. The molecule has 0 saturated heterocycles. The summed E-state index contributed by atoms with van der Waals surface area (Å²) < 4.78 is 29.8. The number of hydrogen-bond donors (Lipinski definition) is 2. The molecular weight excluding hydrogens is 318 g/mol. The average Bonchev–Trinajstić information content (AvgIpc) is 2.45. The number of nitrogens with zero attached hydrogens (tertiary/aromatic N) is 1. The van der Waals surface area contributed by atoms with E-state index in [-0.39, 0.29) is 12.4 Å². The van der Waals surface area contributed by atoms with Gasteiger partial charge in [-0.2, -0.15) is 0 Å². The van der Waals surface area contributed by atoms with Crippen LogP contribution in [0.25, 0.3) is 0 Å². The number of ether oxygens (including phenoxy) is 1. The normalized spacial score (nSPS) is 11.8. The molecule has 1 aromatic rings. The van der Waals surface area contributed by atoms with Crippen molar-refractivity contribution in [2.24, 2.45) is 0 Å². The van der Waals surface area contributed by atoms with E-state index in [1.807, 2.05) is 5.32 Å². The third-order valence-electron chi connectivity index (χ3n) is 2.74. The van der Waals surface area contributed by atoms with Crippen LogP contribution in [-0.2, 0) is 4.79 Å². The Kier molecular flexibility index (Phi) is 6.36. The van der Waals surface area contributed by atoms with Gasteiger partial charge in [0.2, 0.25) is 6.43 Å². The lowest BCUT2D eigenvalue weighted by molar-refractivity contribution is -0.385. The lowest BCUT2D eigenvalue weighted by atomic mass is 10.1. The molecule has 2 N–H and O–H groups in total. The van der Waals surface area contributed by atoms with Gasteiger partial charge in [0.15, 0.2) is 0 Å². The van der Waals surface area contributed by atoms with Gasteiger partial charge in [0.05, 0.1) is 11.5 Å². The van der Waals surface area contributed by atoms with Crippen LogP contribution in [0.4, 0.5) is 14.5 Å². The summed E-state index contributed by atoms with van der Waals surface area (Å²) >= 11 is 0. The Morgan fingerprint density at radius 2 is 2.09 bits per heavy atom. The zero-order valence-corrected chi connectivity index (χ0v) is 12.0. The number of benzene rings is 1. The summed E-state index contributed by atoms with van der Waals surface area (Å²) in [6.07, 6.45) is -4.07. The molecule has 1 unspecified atom stereocenters. The van der Waals surface area contributed by atoms with Crippen LogP contribution >= 0.6 is 0 Å². The van der Waals surface area contributed by atoms with Gasteiger partial charge in [-0.1, -0.05) is 0 Å². The summed E-state index contributed by atoms with van der Waals surface area (Å²) in [7, 11) is 0. The van der Waals surface area contributed by atoms with Gasteiger partial charge in [-0.3, -0.25) is 14.9 Å². The maximum atomic E-state index is 12.3. The van der Waals surface area contributed by atoms with Crippen LogP contribution < -0.4 is 10.1 Å². The number of rotatable bonds is 8. The van der Waals surface area contributed by atoms with Crippen LogP contribution in [-0.4, -0.2) is 41.0 Å². The van der Waals surface area contributed by atoms with Crippen molar-refractivity contribution in [3.63, 3.8) is 0 Å². The standard InChI is InChI=1S/C13H14F2N2O6/c1-2-23-7-3-4-10(17(21)22)8(5-7)12(18)16-9(13(19)20)6-11(14)15/h3-5,9,11H,2,6H2,1H3,(H,16,18)(H,19,20). The molecule has 0 aliphatic carbocycles. The van der Waals surface area contributed by atoms with Gasteiger partial charge < -0.3 is 15.2 Å². The predicted octanol–water partition coefficient (Wildman–Crippen LogP) is 1.83. The summed E-state index contributed by atoms with van der Waals surface area (Å²) in [5.74, 6) is -2.66. The van der Waals surface area contributed by atoms with Crippen LogP contribution in [0.1, 0.15) is 23.7 Å². The van der Waals surface area contributed by atoms with Crippen LogP contribution in [0.3, 0.4) is 0 Å². The first-order chi connectivity index (χ1) is 10.8. The Labute approximate surface area is 129 Å². The van der Waals surface area contributed by atoms with Gasteiger partial charge in [0.25, 0.3) is 11.6 Å². The van der Waals surface area contributed by atoms with Gasteiger partial charge >= 0.3 is 5.97 Å². The highest BCUT2D eigenvalue weighted by Gasteiger charge is 2.28. The number of aliphatic carboxylic acids is 1. The van der Waals surface area contributed by atoms with E-state index in [1.54, 1.807) is 6.92 Å². The Morgan fingerprint density at radius 3 is 2.57 bits per heavy atom. The van der Waals surface area contributed by atoms with Crippen molar-refractivity contribution in [1.82, 2.24) is 5.32 Å². The Hall–Kier alpha value is -2.78. The second kappa shape index (κ2) is 8.01. The van der Waals surface area contributed by atoms with Gasteiger partial charge in [0, 0.05) is 12.5 Å². The maximum absolute atomic E-state index is 12.3. The predicted molar refractivity (Wildman–Crippen MR) is 73.8 cm³/mol. The Morgan fingerprint density at radius 1 is 1.43 bits per heavy atom. The van der Waals surface area contributed by atoms with Gasteiger partial charge in [-0.05, 0) is 19.1 Å². The molecule has 126 valence electrons. The number of hydrogen-bond acceptors (Lipinski definition) is 5. The van der Waals surface area contributed by atoms with E-state index in [9.17, 15) is 28.5 Å². The van der Waals surface area contributed by atoms with E-state index in [2.05, 4.69) is 0 Å². The highest BCUT2D eigenvalue weighted by molar-refractivity contribution is 6.00. The van der Waals surface area contributed by atoms with Gasteiger partial charge in [0.1, 0.15) is 17.4 Å². The summed E-state index contributed by atoms with van der Waals surface area (Å²) in [5.41, 5.74) is -1.06. The number of nitro groups is 1. The number of nitrogens with one attached hydrogen (secondary N) is 1. The first kappa shape index (κ1) is 18.3. The fourth-order valence-corrected chi connectivity index (χ4v) is 1.75. The molecule has 1 amide bonds. The summed E-state index contributed by atoms with van der Waals surface area (Å²) in [4.78, 5) is 33.0. The third kappa shape index (κ3) is 5.16. The maximum Gasteiger partial charge on any atom is 0.326 e. The van der Waals surface area contributed by atoms with E-state index in [0.29, 0.717) is 0 Å². The van der Waals surface area contributed by atoms with E-state index in [4.69, 9.17) is 9.84 Å². The number of alkyl halides is 2. The van der Waals surface area contributed by atoms with Crippen molar-refractivity contribution < 1.29 is 33.1 Å². The molecule has 0 aliphatic rings. The molecule has 0 spiro atoms. The summed E-state index contributed by atoms with van der Waals surface area (Å²) in [5, 5.41) is 21.6. The number of carbonyl (C=O) groups excluding carboxylic acids is 1. The van der Waals surface area contributed by atoms with E-state index in [0.717, 1.165) is 12.1 Å². The zero-order chi connectivity index (χ0) is 17.6. The van der Waals surface area contributed by atoms with Crippen LogP contribution in [0.2, 0.25) is 0 Å². The minimum Gasteiger partial charge on any atom is -0.494 e. The van der Waals surface area contributed by atoms with Crippen LogP contribution in [0.15, 0.2) is 18.2 Å². The molecule has 8 nitrogen and oxygen atoms in total. The topological polar surface area (TPSA) is 119 Å².